The second-order valence-corrected chi connectivity index (χ2v) is 9.27. The number of nitrogens with zero attached hydrogens (tertiary/aromatic N) is 4. The van der Waals surface area contributed by atoms with E-state index in [1.807, 2.05) is 51.1 Å². The van der Waals surface area contributed by atoms with Crippen molar-refractivity contribution >= 4 is 39.8 Å². The van der Waals surface area contributed by atoms with Gasteiger partial charge in [-0.2, -0.15) is 15.1 Å². The van der Waals surface area contributed by atoms with Crippen molar-refractivity contribution in [1.82, 2.24) is 9.58 Å². The number of aliphatic imine (C=N–C) groups is 1. The summed E-state index contributed by atoms with van der Waals surface area (Å²) in [6.07, 6.45) is 1.62. The number of aromatic nitrogens is 1. The maximum Gasteiger partial charge on any atom is 0.283 e. The molecule has 1 N–H and O–H groups in total. The third-order valence-electron chi connectivity index (χ3n) is 5.71. The maximum absolute atomic E-state index is 14.4. The van der Waals surface area contributed by atoms with E-state index in [-0.39, 0.29) is 23.8 Å². The summed E-state index contributed by atoms with van der Waals surface area (Å²) in [5, 5.41) is 15.3. The molecule has 0 saturated carbocycles. The Morgan fingerprint density at radius 1 is 1.11 bits per heavy atom. The number of carbonyl (C=O) groups excluding carboxylic acids is 1. The van der Waals surface area contributed by atoms with Gasteiger partial charge in [-0.25, -0.2) is 4.39 Å². The van der Waals surface area contributed by atoms with E-state index in [9.17, 15) is 9.18 Å². The van der Waals surface area contributed by atoms with Crippen LogP contribution in [-0.2, 0) is 4.79 Å². The van der Waals surface area contributed by atoms with E-state index in [1.54, 1.807) is 28.8 Å². The van der Waals surface area contributed by atoms with Crippen LogP contribution in [0.2, 0.25) is 0 Å². The molecule has 176 valence electrons. The SMILES string of the molecule is Cc1cccc(OCC2=NN3C(=N)C(=Cc4cc(C)n(-c5ccccc5F)c4C)C(=O)N=C3S2)c1. The van der Waals surface area contributed by atoms with Gasteiger partial charge in [-0.15, -0.1) is 0 Å². The number of hydrogen-bond donors (Lipinski definition) is 1. The quantitative estimate of drug-likeness (QED) is 0.499. The lowest BCUT2D eigenvalue weighted by Crippen LogP contribution is -2.35. The van der Waals surface area contributed by atoms with E-state index < -0.39 is 5.91 Å². The number of thioether (sulfide) groups is 1. The summed E-state index contributed by atoms with van der Waals surface area (Å²) in [6.45, 7) is 5.90. The van der Waals surface area contributed by atoms with Gasteiger partial charge >= 0.3 is 0 Å². The van der Waals surface area contributed by atoms with Crippen LogP contribution in [0.4, 0.5) is 4.39 Å². The van der Waals surface area contributed by atoms with Crippen molar-refractivity contribution in [3.63, 3.8) is 0 Å². The number of carbonyl (C=O) groups is 1. The molecule has 0 saturated heterocycles. The normalized spacial score (nSPS) is 16.5. The second kappa shape index (κ2) is 8.99. The molecule has 0 radical (unpaired) electrons. The molecule has 0 aliphatic carbocycles. The lowest BCUT2D eigenvalue weighted by molar-refractivity contribution is -0.114. The van der Waals surface area contributed by atoms with Gasteiger partial charge in [0.05, 0.1) is 11.3 Å². The highest BCUT2D eigenvalue weighted by molar-refractivity contribution is 8.27. The number of amidine groups is 2. The number of amides is 1. The number of halogens is 1. The van der Waals surface area contributed by atoms with Crippen LogP contribution in [0.5, 0.6) is 5.75 Å². The molecular weight excluding hydrogens is 465 g/mol. The minimum absolute atomic E-state index is 0.0613. The molecule has 7 nitrogen and oxygen atoms in total. The summed E-state index contributed by atoms with van der Waals surface area (Å²) >= 11 is 1.21. The van der Waals surface area contributed by atoms with Gasteiger partial charge in [0, 0.05) is 11.4 Å². The van der Waals surface area contributed by atoms with E-state index in [1.165, 1.54) is 22.8 Å². The first-order valence-corrected chi connectivity index (χ1v) is 11.8. The molecule has 2 aliphatic heterocycles. The van der Waals surface area contributed by atoms with Gasteiger partial charge in [0.15, 0.2) is 5.84 Å². The molecule has 3 heterocycles. The number of ether oxygens (including phenoxy) is 1. The van der Waals surface area contributed by atoms with Crippen LogP contribution in [0, 0.1) is 32.0 Å². The lowest BCUT2D eigenvalue weighted by Gasteiger charge is -2.20. The fourth-order valence-electron chi connectivity index (χ4n) is 4.03. The minimum Gasteiger partial charge on any atom is -0.487 e. The Balaban J connectivity index is 1.41. The first-order valence-electron chi connectivity index (χ1n) is 10.9. The molecule has 0 spiro atoms. The molecule has 0 fully saturated rings. The highest BCUT2D eigenvalue weighted by atomic mass is 32.2. The van der Waals surface area contributed by atoms with Gasteiger partial charge in [-0.05, 0) is 80.1 Å². The minimum atomic E-state index is -0.513. The molecule has 9 heteroatoms. The molecule has 2 aromatic carbocycles. The van der Waals surface area contributed by atoms with Crippen LogP contribution in [-0.4, -0.2) is 38.1 Å². The number of hydrogen-bond acceptors (Lipinski definition) is 5. The molecule has 35 heavy (non-hydrogen) atoms. The number of benzene rings is 2. The maximum atomic E-state index is 14.4. The van der Waals surface area contributed by atoms with Gasteiger partial charge in [0.1, 0.15) is 23.2 Å². The third kappa shape index (κ3) is 4.30. The molecule has 0 unspecified atom stereocenters. The third-order valence-corrected chi connectivity index (χ3v) is 6.59. The summed E-state index contributed by atoms with van der Waals surface area (Å²) in [5.74, 6) is -0.195. The summed E-state index contributed by atoms with van der Waals surface area (Å²) in [7, 11) is 0. The van der Waals surface area contributed by atoms with Crippen molar-refractivity contribution in [3.8, 4) is 11.4 Å². The molecular formula is C26H22FN5O2S. The smallest absolute Gasteiger partial charge is 0.283 e. The summed E-state index contributed by atoms with van der Waals surface area (Å²) < 4.78 is 22.0. The Bertz CT molecular complexity index is 1470. The van der Waals surface area contributed by atoms with Crippen molar-refractivity contribution in [2.75, 3.05) is 6.61 Å². The zero-order valence-corrected chi connectivity index (χ0v) is 20.2. The van der Waals surface area contributed by atoms with E-state index in [0.29, 0.717) is 21.5 Å². The molecule has 3 aromatic rings. The molecule has 1 aromatic heterocycles. The van der Waals surface area contributed by atoms with Crippen molar-refractivity contribution in [3.05, 3.63) is 88.5 Å². The molecule has 1 amide bonds. The predicted octanol–water partition coefficient (Wildman–Crippen LogP) is 5.24. The first kappa shape index (κ1) is 22.8. The predicted molar refractivity (Wildman–Crippen MR) is 137 cm³/mol. The lowest BCUT2D eigenvalue weighted by atomic mass is 10.1. The van der Waals surface area contributed by atoms with E-state index in [2.05, 4.69) is 10.1 Å². The van der Waals surface area contributed by atoms with Gasteiger partial charge in [-0.1, -0.05) is 24.3 Å². The van der Waals surface area contributed by atoms with Crippen molar-refractivity contribution in [2.24, 2.45) is 10.1 Å². The van der Waals surface area contributed by atoms with Gasteiger partial charge < -0.3 is 9.30 Å². The van der Waals surface area contributed by atoms with Gasteiger partial charge in [0.2, 0.25) is 5.17 Å². The van der Waals surface area contributed by atoms with Crippen LogP contribution in [0.15, 0.2) is 70.3 Å². The second-order valence-electron chi connectivity index (χ2n) is 8.23. The largest absolute Gasteiger partial charge is 0.487 e. The van der Waals surface area contributed by atoms with Gasteiger partial charge in [-0.3, -0.25) is 10.2 Å². The summed E-state index contributed by atoms with van der Waals surface area (Å²) in [6, 6.07) is 16.1. The number of para-hydroxylation sites is 1. The number of aryl methyl sites for hydroxylation is 2. The fourth-order valence-corrected chi connectivity index (χ4v) is 4.83. The summed E-state index contributed by atoms with van der Waals surface area (Å²) in [5.41, 5.74) is 3.90. The van der Waals surface area contributed by atoms with Crippen molar-refractivity contribution < 1.29 is 13.9 Å². The Kier molecular flexibility index (Phi) is 5.86. The zero-order chi connectivity index (χ0) is 24.7. The molecule has 5 rings (SSSR count). The van der Waals surface area contributed by atoms with Crippen LogP contribution >= 0.6 is 11.8 Å². The monoisotopic (exact) mass is 487 g/mol. The van der Waals surface area contributed by atoms with Crippen molar-refractivity contribution in [2.45, 2.75) is 20.8 Å². The Hall–Kier alpha value is -3.98. The average molecular weight is 488 g/mol. The van der Waals surface area contributed by atoms with Crippen molar-refractivity contribution in [1.29, 1.82) is 5.41 Å². The Labute approximate surface area is 206 Å². The number of nitrogens with one attached hydrogen (secondary N) is 1. The highest BCUT2D eigenvalue weighted by Gasteiger charge is 2.36. The average Bonchev–Trinajstić information content (AvgIpc) is 3.35. The van der Waals surface area contributed by atoms with E-state index >= 15 is 0 Å². The number of rotatable bonds is 5. The van der Waals surface area contributed by atoms with E-state index in [4.69, 9.17) is 10.1 Å². The molecule has 2 aliphatic rings. The summed E-state index contributed by atoms with van der Waals surface area (Å²) in [4.78, 5) is 17.0. The number of fused-ring (bicyclic) bond motifs is 1. The fraction of sp³-hybridized carbons (Fsp3) is 0.154. The molecule has 0 bridgehead atoms. The standard InChI is InChI=1S/C26H22FN5O2S/c1-15-7-6-8-19(11-15)34-14-23-30-32-24(28)20(25(33)29-26(32)35-23)13-18-12-16(2)31(17(18)3)22-10-5-4-9-21(22)27/h4-13,28H,14H2,1-3H3. The Morgan fingerprint density at radius 2 is 1.91 bits per heavy atom. The zero-order valence-electron chi connectivity index (χ0n) is 19.4. The highest BCUT2D eigenvalue weighted by Crippen LogP contribution is 2.30. The van der Waals surface area contributed by atoms with Gasteiger partial charge in [0.25, 0.3) is 5.91 Å². The van der Waals surface area contributed by atoms with Crippen LogP contribution in [0.25, 0.3) is 11.8 Å². The topological polar surface area (TPSA) is 83.0 Å². The molecule has 0 atom stereocenters. The van der Waals surface area contributed by atoms with Crippen LogP contribution in [0.1, 0.15) is 22.5 Å². The Morgan fingerprint density at radius 3 is 2.69 bits per heavy atom. The first-order chi connectivity index (χ1) is 16.8. The number of hydrazone groups is 1. The van der Waals surface area contributed by atoms with E-state index in [0.717, 1.165) is 22.7 Å². The van der Waals surface area contributed by atoms with Crippen LogP contribution < -0.4 is 4.74 Å². The van der Waals surface area contributed by atoms with Crippen LogP contribution in [0.3, 0.4) is 0 Å².